The van der Waals surface area contributed by atoms with E-state index in [2.05, 4.69) is 5.43 Å². The molecule has 21 heavy (non-hydrogen) atoms. The molecular formula is C15H24N2O4. The number of carbonyl (C=O) groups is 1. The number of hydrogen-bond donors (Lipinski definition) is 3. The van der Waals surface area contributed by atoms with Crippen molar-refractivity contribution in [1.82, 2.24) is 0 Å². The lowest BCUT2D eigenvalue weighted by Crippen LogP contribution is -2.16. The molecule has 4 N–H and O–H groups in total. The van der Waals surface area contributed by atoms with E-state index >= 15 is 0 Å². The van der Waals surface area contributed by atoms with Gasteiger partial charge in [0.1, 0.15) is 0 Å². The van der Waals surface area contributed by atoms with Crippen LogP contribution >= 0.6 is 0 Å². The maximum absolute atomic E-state index is 12.1. The molecule has 0 amide bonds. The van der Waals surface area contributed by atoms with Gasteiger partial charge in [-0.3, -0.25) is 10.6 Å². The van der Waals surface area contributed by atoms with Gasteiger partial charge in [0.25, 0.3) is 0 Å². The molecule has 0 aliphatic carbocycles. The number of nitrogens with two attached hydrogens (primary N) is 1. The number of carbonyl (C=O) groups excluding carboxylic acids is 1. The third-order valence-corrected chi connectivity index (χ3v) is 3.47. The first-order chi connectivity index (χ1) is 9.97. The number of nitrogens with one attached hydrogen (secondary N) is 1. The number of anilines is 1. The smallest absolute Gasteiger partial charge is 0.313 e. The number of phenolic OH excluding ortho intramolecular Hbond substituents is 1. The molecule has 0 fully saturated rings. The third-order valence-electron chi connectivity index (χ3n) is 3.47. The van der Waals surface area contributed by atoms with E-state index in [4.69, 9.17) is 15.3 Å². The minimum atomic E-state index is -0.469. The molecule has 0 bridgehead atoms. The Balaban J connectivity index is 3.08. The highest BCUT2D eigenvalue weighted by atomic mass is 16.5. The van der Waals surface area contributed by atoms with E-state index in [1.165, 1.54) is 7.11 Å². The summed E-state index contributed by atoms with van der Waals surface area (Å²) in [6.07, 6.45) is 1.81. The Bertz CT molecular complexity index is 503. The Labute approximate surface area is 125 Å². The highest BCUT2D eigenvalue weighted by Crippen LogP contribution is 2.41. The van der Waals surface area contributed by atoms with Gasteiger partial charge in [-0.2, -0.15) is 0 Å². The quantitative estimate of drug-likeness (QED) is 0.235. The Morgan fingerprint density at radius 3 is 2.71 bits per heavy atom. The molecule has 0 saturated heterocycles. The number of aromatic hydroxyl groups is 1. The minimum absolute atomic E-state index is 0.0761. The Hall–Kier alpha value is -1.95. The summed E-state index contributed by atoms with van der Waals surface area (Å²) < 4.78 is 10.4. The van der Waals surface area contributed by atoms with Crippen molar-refractivity contribution in [2.24, 2.45) is 5.84 Å². The van der Waals surface area contributed by atoms with Crippen molar-refractivity contribution >= 4 is 11.7 Å². The molecular weight excluding hydrogens is 272 g/mol. The molecule has 0 radical (unpaired) electrons. The fraction of sp³-hybridized carbons (Fsp3) is 0.533. The van der Waals surface area contributed by atoms with E-state index < -0.39 is 5.92 Å². The number of nitrogen functional groups attached to an aromatic ring is 1. The topological polar surface area (TPSA) is 93.8 Å². The van der Waals surface area contributed by atoms with Crippen LogP contribution in [0.5, 0.6) is 11.5 Å². The van der Waals surface area contributed by atoms with Crippen LogP contribution in [0.25, 0.3) is 0 Å². The SMILES string of the molecule is CCCCOC(=O)C(C)c1cc(NN)c(O)c(OC)c1C. The predicted octanol–water partition coefficient (Wildman–Crippen LogP) is 2.44. The van der Waals surface area contributed by atoms with Crippen LogP contribution in [0.1, 0.15) is 43.7 Å². The lowest BCUT2D eigenvalue weighted by atomic mass is 9.94. The molecule has 0 saturated carbocycles. The number of hydrazine groups is 1. The molecule has 0 aliphatic heterocycles. The molecule has 0 spiro atoms. The van der Waals surface area contributed by atoms with Gasteiger partial charge < -0.3 is 20.0 Å². The fourth-order valence-electron chi connectivity index (χ4n) is 2.14. The van der Waals surface area contributed by atoms with Crippen LogP contribution in [0, 0.1) is 6.92 Å². The summed E-state index contributed by atoms with van der Waals surface area (Å²) in [6, 6.07) is 1.64. The van der Waals surface area contributed by atoms with Crippen molar-refractivity contribution in [3.05, 3.63) is 17.2 Å². The highest BCUT2D eigenvalue weighted by molar-refractivity contribution is 5.80. The van der Waals surface area contributed by atoms with Crippen molar-refractivity contribution in [1.29, 1.82) is 0 Å². The van der Waals surface area contributed by atoms with E-state index in [0.717, 1.165) is 12.8 Å². The van der Waals surface area contributed by atoms with Crippen LogP contribution in [0.2, 0.25) is 0 Å². The molecule has 0 aliphatic rings. The zero-order valence-corrected chi connectivity index (χ0v) is 13.0. The summed E-state index contributed by atoms with van der Waals surface area (Å²) >= 11 is 0. The molecule has 1 atom stereocenters. The van der Waals surface area contributed by atoms with Gasteiger partial charge in [-0.1, -0.05) is 13.3 Å². The van der Waals surface area contributed by atoms with E-state index in [1.54, 1.807) is 19.9 Å². The second-order valence-electron chi connectivity index (χ2n) is 4.91. The standard InChI is InChI=1S/C15H24N2O4/c1-5-6-7-21-15(19)10(3)11-8-12(17-16)13(18)14(20-4)9(11)2/h8,10,17-18H,5-7,16H2,1-4H3. The Morgan fingerprint density at radius 2 is 2.19 bits per heavy atom. The van der Waals surface area contributed by atoms with Crippen molar-refractivity contribution < 1.29 is 19.4 Å². The van der Waals surface area contributed by atoms with Crippen molar-refractivity contribution in [2.75, 3.05) is 19.1 Å². The molecule has 6 nitrogen and oxygen atoms in total. The molecule has 118 valence electrons. The number of benzene rings is 1. The first-order valence-corrected chi connectivity index (χ1v) is 7.01. The zero-order chi connectivity index (χ0) is 16.0. The summed E-state index contributed by atoms with van der Waals surface area (Å²) in [5.41, 5.74) is 4.10. The van der Waals surface area contributed by atoms with Gasteiger partial charge >= 0.3 is 5.97 Å². The average molecular weight is 296 g/mol. The number of ether oxygens (including phenoxy) is 2. The number of esters is 1. The van der Waals surface area contributed by atoms with Crippen molar-refractivity contribution in [3.8, 4) is 11.5 Å². The maximum atomic E-state index is 12.1. The first kappa shape index (κ1) is 17.1. The van der Waals surface area contributed by atoms with Gasteiger partial charge in [-0.15, -0.1) is 0 Å². The summed E-state index contributed by atoms with van der Waals surface area (Å²) in [5.74, 6) is 4.84. The van der Waals surface area contributed by atoms with Crippen LogP contribution in [-0.2, 0) is 9.53 Å². The van der Waals surface area contributed by atoms with E-state index in [-0.39, 0.29) is 11.7 Å². The number of phenols is 1. The largest absolute Gasteiger partial charge is 0.503 e. The minimum Gasteiger partial charge on any atom is -0.503 e. The molecule has 0 aromatic heterocycles. The fourth-order valence-corrected chi connectivity index (χ4v) is 2.14. The van der Waals surface area contributed by atoms with E-state index in [0.29, 0.717) is 29.2 Å². The monoisotopic (exact) mass is 296 g/mol. The van der Waals surface area contributed by atoms with Gasteiger partial charge in [0.15, 0.2) is 11.5 Å². The molecule has 1 aromatic rings. The summed E-state index contributed by atoms with van der Waals surface area (Å²) in [4.78, 5) is 12.1. The lowest BCUT2D eigenvalue weighted by molar-refractivity contribution is -0.145. The van der Waals surface area contributed by atoms with Gasteiger partial charge in [0.2, 0.25) is 0 Å². The van der Waals surface area contributed by atoms with Gasteiger partial charge in [0.05, 0.1) is 25.3 Å². The van der Waals surface area contributed by atoms with Crippen LogP contribution in [0.4, 0.5) is 5.69 Å². The van der Waals surface area contributed by atoms with E-state index in [9.17, 15) is 9.90 Å². The summed E-state index contributed by atoms with van der Waals surface area (Å²) in [6.45, 7) is 5.98. The second-order valence-corrected chi connectivity index (χ2v) is 4.91. The molecule has 0 heterocycles. The molecule has 1 unspecified atom stereocenters. The Morgan fingerprint density at radius 1 is 1.52 bits per heavy atom. The predicted molar refractivity (Wildman–Crippen MR) is 81.5 cm³/mol. The third kappa shape index (κ3) is 3.78. The van der Waals surface area contributed by atoms with Crippen LogP contribution in [0.3, 0.4) is 0 Å². The second kappa shape index (κ2) is 7.73. The van der Waals surface area contributed by atoms with Gasteiger partial charge in [-0.25, -0.2) is 0 Å². The van der Waals surface area contributed by atoms with E-state index in [1.807, 2.05) is 6.92 Å². The number of hydrogen-bond acceptors (Lipinski definition) is 6. The Kier molecular flexibility index (Phi) is 6.30. The zero-order valence-electron chi connectivity index (χ0n) is 13.0. The normalized spacial score (nSPS) is 11.9. The number of unbranched alkanes of at least 4 members (excludes halogenated alkanes) is 1. The van der Waals surface area contributed by atoms with Gasteiger partial charge in [0, 0.05) is 0 Å². The molecule has 6 heteroatoms. The van der Waals surface area contributed by atoms with Crippen LogP contribution in [0.15, 0.2) is 6.07 Å². The summed E-state index contributed by atoms with van der Waals surface area (Å²) in [7, 11) is 1.45. The van der Waals surface area contributed by atoms with Crippen LogP contribution < -0.4 is 16.0 Å². The molecule has 1 aromatic carbocycles. The molecule has 1 rings (SSSR count). The maximum Gasteiger partial charge on any atom is 0.313 e. The number of rotatable bonds is 7. The van der Waals surface area contributed by atoms with Crippen LogP contribution in [-0.4, -0.2) is 24.8 Å². The van der Waals surface area contributed by atoms with Gasteiger partial charge in [-0.05, 0) is 37.5 Å². The highest BCUT2D eigenvalue weighted by Gasteiger charge is 2.24. The lowest BCUT2D eigenvalue weighted by Gasteiger charge is -2.19. The average Bonchev–Trinajstić information content (AvgIpc) is 2.47. The van der Waals surface area contributed by atoms with Crippen molar-refractivity contribution in [3.63, 3.8) is 0 Å². The first-order valence-electron chi connectivity index (χ1n) is 7.01. The number of methoxy groups -OCH3 is 1. The van der Waals surface area contributed by atoms with Crippen molar-refractivity contribution in [2.45, 2.75) is 39.5 Å². The summed E-state index contributed by atoms with van der Waals surface area (Å²) in [5, 5.41) is 10.0.